The summed E-state index contributed by atoms with van der Waals surface area (Å²) in [5.74, 6) is 3.17. The highest BCUT2D eigenvalue weighted by Gasteiger charge is 2.15. The van der Waals surface area contributed by atoms with Gasteiger partial charge in [-0.15, -0.1) is 0 Å². The number of hydrogen-bond donors (Lipinski definition) is 2. The van der Waals surface area contributed by atoms with Crippen LogP contribution >= 0.6 is 11.8 Å². The molecular weight excluding hydrogens is 196 g/mol. The zero-order chi connectivity index (χ0) is 9.80. The van der Waals surface area contributed by atoms with Crippen molar-refractivity contribution in [3.05, 3.63) is 11.8 Å². The number of aromatic amines is 1. The van der Waals surface area contributed by atoms with E-state index in [4.69, 9.17) is 5.26 Å². The summed E-state index contributed by atoms with van der Waals surface area (Å²) in [7, 11) is 0. The van der Waals surface area contributed by atoms with Crippen molar-refractivity contribution in [1.82, 2.24) is 10.2 Å². The van der Waals surface area contributed by atoms with E-state index in [2.05, 4.69) is 21.6 Å². The van der Waals surface area contributed by atoms with Gasteiger partial charge in [0.2, 0.25) is 0 Å². The average molecular weight is 208 g/mol. The molecule has 0 atom stereocenters. The highest BCUT2D eigenvalue weighted by molar-refractivity contribution is 7.99. The maximum absolute atomic E-state index is 8.78. The normalized spacial score (nSPS) is 17.6. The summed E-state index contributed by atoms with van der Waals surface area (Å²) in [4.78, 5) is 0. The predicted molar refractivity (Wildman–Crippen MR) is 57.3 cm³/mol. The molecule has 1 aliphatic heterocycles. The molecule has 0 amide bonds. The third-order valence-electron chi connectivity index (χ3n) is 2.33. The molecule has 0 unspecified atom stereocenters. The van der Waals surface area contributed by atoms with Gasteiger partial charge < -0.3 is 5.32 Å². The summed E-state index contributed by atoms with van der Waals surface area (Å²) in [5, 5.41) is 18.8. The summed E-state index contributed by atoms with van der Waals surface area (Å²) >= 11 is 1.99. The van der Waals surface area contributed by atoms with E-state index in [-0.39, 0.29) is 0 Å². The number of nitrogens with zero attached hydrogens (tertiary/aromatic N) is 2. The molecule has 2 rings (SSSR count). The number of nitrogens with one attached hydrogen (secondary N) is 2. The molecule has 0 radical (unpaired) electrons. The van der Waals surface area contributed by atoms with Crippen LogP contribution < -0.4 is 5.32 Å². The maximum Gasteiger partial charge on any atom is 0.139 e. The van der Waals surface area contributed by atoms with Crippen LogP contribution in [-0.2, 0) is 0 Å². The Bertz CT molecular complexity index is 335. The van der Waals surface area contributed by atoms with Gasteiger partial charge >= 0.3 is 0 Å². The molecular formula is C9H12N4S. The fourth-order valence-electron chi connectivity index (χ4n) is 1.53. The Labute approximate surface area is 87.1 Å². The van der Waals surface area contributed by atoms with Crippen molar-refractivity contribution in [2.24, 2.45) is 0 Å². The minimum atomic E-state index is 0.490. The highest BCUT2D eigenvalue weighted by Crippen LogP contribution is 2.21. The van der Waals surface area contributed by atoms with Crippen LogP contribution in [0.15, 0.2) is 6.20 Å². The number of anilines is 1. The van der Waals surface area contributed by atoms with Crippen LogP contribution in [-0.4, -0.2) is 27.7 Å². The summed E-state index contributed by atoms with van der Waals surface area (Å²) in [6, 6.07) is 2.59. The Morgan fingerprint density at radius 2 is 2.36 bits per heavy atom. The lowest BCUT2D eigenvalue weighted by molar-refractivity contribution is 0.663. The average Bonchev–Trinajstić information content (AvgIpc) is 2.67. The molecule has 74 valence electrons. The number of hydrogen-bond acceptors (Lipinski definition) is 4. The van der Waals surface area contributed by atoms with Crippen LogP contribution in [0.3, 0.4) is 0 Å². The Kier molecular flexibility index (Phi) is 2.94. The van der Waals surface area contributed by atoms with E-state index in [9.17, 15) is 0 Å². The van der Waals surface area contributed by atoms with E-state index in [1.165, 1.54) is 11.5 Å². The molecule has 5 heteroatoms. The molecule has 1 aliphatic rings. The van der Waals surface area contributed by atoms with Gasteiger partial charge in [-0.3, -0.25) is 5.10 Å². The molecule has 14 heavy (non-hydrogen) atoms. The fraction of sp³-hybridized carbons (Fsp3) is 0.556. The van der Waals surface area contributed by atoms with E-state index in [0.29, 0.717) is 11.6 Å². The topological polar surface area (TPSA) is 64.5 Å². The van der Waals surface area contributed by atoms with Gasteiger partial charge in [0, 0.05) is 6.04 Å². The van der Waals surface area contributed by atoms with Crippen molar-refractivity contribution >= 4 is 17.6 Å². The third-order valence-corrected chi connectivity index (χ3v) is 3.38. The smallest absolute Gasteiger partial charge is 0.139 e. The van der Waals surface area contributed by atoms with E-state index < -0.39 is 0 Å². The second-order valence-electron chi connectivity index (χ2n) is 3.30. The van der Waals surface area contributed by atoms with E-state index in [1.54, 1.807) is 6.20 Å². The second-order valence-corrected chi connectivity index (χ2v) is 4.53. The number of nitriles is 1. The molecule has 2 heterocycles. The highest BCUT2D eigenvalue weighted by atomic mass is 32.2. The summed E-state index contributed by atoms with van der Waals surface area (Å²) < 4.78 is 0. The van der Waals surface area contributed by atoms with Gasteiger partial charge in [-0.1, -0.05) is 0 Å². The standard InChI is InChI=1S/C9H12N4S/c10-5-7-6-11-13-9(7)12-8-1-3-14-4-2-8/h6,8H,1-4H2,(H2,11,12,13). The molecule has 1 fully saturated rings. The Balaban J connectivity index is 1.99. The van der Waals surface area contributed by atoms with E-state index in [0.717, 1.165) is 18.7 Å². The number of thioether (sulfide) groups is 1. The van der Waals surface area contributed by atoms with Gasteiger partial charge in [-0.2, -0.15) is 22.1 Å². The van der Waals surface area contributed by atoms with Crippen LogP contribution in [0, 0.1) is 11.3 Å². The first kappa shape index (κ1) is 9.41. The van der Waals surface area contributed by atoms with Crippen molar-refractivity contribution in [3.63, 3.8) is 0 Å². The van der Waals surface area contributed by atoms with Crippen LogP contribution in [0.25, 0.3) is 0 Å². The van der Waals surface area contributed by atoms with Crippen LogP contribution in [0.4, 0.5) is 5.82 Å². The molecule has 1 saturated heterocycles. The van der Waals surface area contributed by atoms with Gasteiger partial charge in [0.15, 0.2) is 0 Å². The van der Waals surface area contributed by atoms with Crippen molar-refractivity contribution in [3.8, 4) is 6.07 Å². The van der Waals surface area contributed by atoms with Crippen LogP contribution in [0.2, 0.25) is 0 Å². The summed E-state index contributed by atoms with van der Waals surface area (Å²) in [5.41, 5.74) is 0.600. The Morgan fingerprint density at radius 1 is 1.57 bits per heavy atom. The molecule has 0 aromatic carbocycles. The van der Waals surface area contributed by atoms with Crippen LogP contribution in [0.1, 0.15) is 18.4 Å². The van der Waals surface area contributed by atoms with E-state index >= 15 is 0 Å². The van der Waals surface area contributed by atoms with Gasteiger partial charge in [0.25, 0.3) is 0 Å². The maximum atomic E-state index is 8.78. The lowest BCUT2D eigenvalue weighted by atomic mass is 10.1. The number of aromatic nitrogens is 2. The molecule has 0 spiro atoms. The molecule has 2 N–H and O–H groups in total. The zero-order valence-corrected chi connectivity index (χ0v) is 8.60. The second kappa shape index (κ2) is 4.38. The number of H-pyrrole nitrogens is 1. The van der Waals surface area contributed by atoms with Crippen molar-refractivity contribution in [2.75, 3.05) is 16.8 Å². The lowest BCUT2D eigenvalue weighted by Crippen LogP contribution is -2.25. The van der Waals surface area contributed by atoms with Crippen molar-refractivity contribution in [1.29, 1.82) is 5.26 Å². The third kappa shape index (κ3) is 2.02. The first-order chi connectivity index (χ1) is 6.90. The summed E-state index contributed by atoms with van der Waals surface area (Å²) in [6.45, 7) is 0. The molecule has 1 aromatic rings. The molecule has 4 nitrogen and oxygen atoms in total. The first-order valence-electron chi connectivity index (χ1n) is 4.68. The zero-order valence-electron chi connectivity index (χ0n) is 7.79. The van der Waals surface area contributed by atoms with Gasteiger partial charge in [-0.05, 0) is 24.3 Å². The van der Waals surface area contributed by atoms with Crippen molar-refractivity contribution in [2.45, 2.75) is 18.9 Å². The summed E-state index contributed by atoms with van der Waals surface area (Å²) in [6.07, 6.45) is 3.88. The Morgan fingerprint density at radius 3 is 3.07 bits per heavy atom. The van der Waals surface area contributed by atoms with E-state index in [1.807, 2.05) is 11.8 Å². The monoisotopic (exact) mass is 208 g/mol. The van der Waals surface area contributed by atoms with Gasteiger partial charge in [0.05, 0.1) is 6.20 Å². The lowest BCUT2D eigenvalue weighted by Gasteiger charge is -2.22. The fourth-order valence-corrected chi connectivity index (χ4v) is 2.63. The minimum absolute atomic E-state index is 0.490. The SMILES string of the molecule is N#Cc1cn[nH]c1NC1CCSCC1. The van der Waals surface area contributed by atoms with Crippen molar-refractivity contribution < 1.29 is 0 Å². The predicted octanol–water partition coefficient (Wildman–Crippen LogP) is 1.59. The largest absolute Gasteiger partial charge is 0.367 e. The molecule has 1 aromatic heterocycles. The quantitative estimate of drug-likeness (QED) is 0.774. The van der Waals surface area contributed by atoms with Gasteiger partial charge in [-0.25, -0.2) is 0 Å². The van der Waals surface area contributed by atoms with Crippen LogP contribution in [0.5, 0.6) is 0 Å². The molecule has 0 saturated carbocycles. The molecule has 0 bridgehead atoms. The minimum Gasteiger partial charge on any atom is -0.367 e. The molecule has 0 aliphatic carbocycles. The first-order valence-corrected chi connectivity index (χ1v) is 5.83. The number of rotatable bonds is 2. The Hall–Kier alpha value is -1.15. The van der Waals surface area contributed by atoms with Gasteiger partial charge in [0.1, 0.15) is 17.5 Å².